The predicted molar refractivity (Wildman–Crippen MR) is 166 cm³/mol. The summed E-state index contributed by atoms with van der Waals surface area (Å²) < 4.78 is 72.9. The highest BCUT2D eigenvalue weighted by molar-refractivity contribution is 8.76. The Bertz CT molecular complexity index is 700. The highest BCUT2D eigenvalue weighted by Crippen LogP contribution is 2.42. The second-order valence-electron chi connectivity index (χ2n) is 8.04. The molecule has 0 N–H and O–H groups in total. The lowest BCUT2D eigenvalue weighted by Crippen LogP contribution is -2.12. The van der Waals surface area contributed by atoms with E-state index in [1.54, 1.807) is 0 Å². The van der Waals surface area contributed by atoms with Crippen LogP contribution in [0.25, 0.3) is 0 Å². The minimum Gasteiger partial charge on any atom is -0.756 e. The van der Waals surface area contributed by atoms with Gasteiger partial charge in [-0.1, -0.05) is 101 Å². The van der Waals surface area contributed by atoms with Crippen LogP contribution in [0.4, 0.5) is 0 Å². The van der Waals surface area contributed by atoms with Crippen molar-refractivity contribution in [3.63, 3.8) is 0 Å². The van der Waals surface area contributed by atoms with Gasteiger partial charge in [0, 0.05) is 39.9 Å². The topological polar surface area (TPSA) is 234 Å². The molecule has 0 aromatic heterocycles. The van der Waals surface area contributed by atoms with Crippen LogP contribution in [0.1, 0.15) is 91.9 Å². The molecule has 0 aromatic carbocycles. The second kappa shape index (κ2) is 34.0. The summed E-state index contributed by atoms with van der Waals surface area (Å²) in [5.41, 5.74) is 0. The fraction of sp³-hybridized carbons (Fsp3) is 1.00. The Balaban J connectivity index is -0.000000257. The van der Waals surface area contributed by atoms with Gasteiger partial charge in [0.15, 0.2) is 13.6 Å². The number of hydrogen-bond donors (Lipinski definition) is 0. The fourth-order valence-corrected chi connectivity index (χ4v) is 5.42. The molecule has 0 spiro atoms. The van der Waals surface area contributed by atoms with Crippen LogP contribution in [0, 0.1) is 0 Å². The van der Waals surface area contributed by atoms with E-state index in [-0.39, 0.29) is 0 Å². The van der Waals surface area contributed by atoms with Crippen molar-refractivity contribution in [2.75, 3.05) is 53.5 Å². The van der Waals surface area contributed by atoms with Crippen LogP contribution in [0.3, 0.4) is 0 Å². The smallest absolute Gasteiger partial charge is 0.269 e. The van der Waals surface area contributed by atoms with Gasteiger partial charge in [0.25, 0.3) is 31.3 Å². The molecule has 44 heavy (non-hydrogen) atoms. The summed E-state index contributed by atoms with van der Waals surface area (Å²) in [5, 5.41) is 0. The van der Waals surface area contributed by atoms with Gasteiger partial charge in [-0.05, 0) is 12.8 Å². The number of phosphoric ester groups is 4. The third-order valence-corrected chi connectivity index (χ3v) is 10.5. The molecule has 0 saturated heterocycles. The molecule has 0 saturated carbocycles. The Hall–Kier alpha value is 1.14. The lowest BCUT2D eigenvalue weighted by molar-refractivity contribution is -0.244. The van der Waals surface area contributed by atoms with E-state index in [0.717, 1.165) is 28.4 Å². The molecule has 0 aliphatic heterocycles. The van der Waals surface area contributed by atoms with E-state index in [0.29, 0.717) is 0 Å². The lowest BCUT2D eigenvalue weighted by atomic mass is 10.2. The molecule has 16 nitrogen and oxygen atoms in total. The first-order valence-electron chi connectivity index (χ1n) is 13.8. The van der Waals surface area contributed by atoms with E-state index < -0.39 is 44.9 Å². The quantitative estimate of drug-likeness (QED) is 0.0493. The molecule has 272 valence electrons. The summed E-state index contributed by atoms with van der Waals surface area (Å²) >= 11 is 0. The van der Waals surface area contributed by atoms with Gasteiger partial charge in [0.2, 0.25) is 0 Å². The lowest BCUT2D eigenvalue weighted by Gasteiger charge is -2.24. The van der Waals surface area contributed by atoms with E-state index in [1.807, 2.05) is 0 Å². The summed E-state index contributed by atoms with van der Waals surface area (Å²) in [6.07, 6.45) is 13.9. The molecule has 0 rings (SSSR count). The molecular weight excluding hydrogens is 708 g/mol. The molecular formula is C22H52O16P4S2-4. The molecule has 0 bridgehead atoms. The standard InChI is InChI=1S/C12H26S2.C4H10.2C3H10O8P2/c1-3-5-7-9-11-13-14-12-10-8-6-4-2;1-3-4-2;2*1-8-12(4,5)10-3-11-13(6,7)9-2/h3-12H2,1-2H3;3-4H2,1-2H3;2*3H2,1-2H3,(H,4,5)(H,6,7)/p-4. The number of hydrogen-bond acceptors (Lipinski definition) is 18. The average molecular weight is 761 g/mol. The summed E-state index contributed by atoms with van der Waals surface area (Å²) in [7, 11) is -10.2. The van der Waals surface area contributed by atoms with Crippen LogP contribution in [0.15, 0.2) is 0 Å². The molecule has 4 unspecified atom stereocenters. The third-order valence-electron chi connectivity index (χ3n) is 4.48. The number of phosphoric acid groups is 4. The molecule has 0 fully saturated rings. The van der Waals surface area contributed by atoms with E-state index in [2.05, 4.69) is 85.5 Å². The first kappa shape index (κ1) is 52.0. The van der Waals surface area contributed by atoms with Gasteiger partial charge in [0.1, 0.15) is 0 Å². The van der Waals surface area contributed by atoms with Crippen molar-refractivity contribution in [2.45, 2.75) is 91.9 Å². The molecule has 0 heterocycles. The molecule has 4 atom stereocenters. The molecule has 0 radical (unpaired) electrons. The SMILES string of the molecule is CCCC.CCCCCCSSCCCCCC.COP(=O)([O-])OCOP(=O)([O-])OC.COP(=O)([O-])OCOP(=O)([O-])OC. The molecule has 0 aliphatic carbocycles. The predicted octanol–water partition coefficient (Wildman–Crippen LogP) is 5.75. The van der Waals surface area contributed by atoms with Gasteiger partial charge >= 0.3 is 0 Å². The van der Waals surface area contributed by atoms with Crippen LogP contribution in [-0.2, 0) is 54.5 Å². The minimum absolute atomic E-state index is 0.862. The van der Waals surface area contributed by atoms with Crippen LogP contribution in [0.5, 0.6) is 0 Å². The van der Waals surface area contributed by atoms with E-state index in [9.17, 15) is 37.8 Å². The van der Waals surface area contributed by atoms with Gasteiger partial charge in [-0.3, -0.25) is 36.4 Å². The summed E-state index contributed by atoms with van der Waals surface area (Å²) in [5.74, 6) is 2.72. The average Bonchev–Trinajstić information content (AvgIpc) is 2.98. The van der Waals surface area contributed by atoms with Gasteiger partial charge in [-0.25, -0.2) is 0 Å². The van der Waals surface area contributed by atoms with Crippen molar-refractivity contribution in [2.24, 2.45) is 0 Å². The van der Waals surface area contributed by atoms with E-state index in [4.69, 9.17) is 0 Å². The summed E-state index contributed by atoms with van der Waals surface area (Å²) in [4.78, 5) is 41.8. The van der Waals surface area contributed by atoms with Crippen molar-refractivity contribution >= 4 is 52.9 Å². The molecule has 0 aromatic rings. The van der Waals surface area contributed by atoms with Gasteiger partial charge in [0.05, 0.1) is 0 Å². The largest absolute Gasteiger partial charge is 0.756 e. The first-order chi connectivity index (χ1) is 20.5. The number of unbranched alkanes of at least 4 members (excludes halogenated alkanes) is 7. The van der Waals surface area contributed by atoms with Gasteiger partial charge in [-0.2, -0.15) is 0 Å². The Morgan fingerprint density at radius 2 is 0.682 bits per heavy atom. The van der Waals surface area contributed by atoms with Gasteiger partial charge < -0.3 is 37.7 Å². The number of rotatable bonds is 24. The van der Waals surface area contributed by atoms with Crippen LogP contribution in [-0.4, -0.2) is 53.5 Å². The fourth-order valence-electron chi connectivity index (χ4n) is 1.81. The van der Waals surface area contributed by atoms with Crippen molar-refractivity contribution in [3.8, 4) is 0 Å². The van der Waals surface area contributed by atoms with E-state index in [1.165, 1.54) is 75.7 Å². The van der Waals surface area contributed by atoms with Crippen molar-refractivity contribution < 1.29 is 74.0 Å². The first-order valence-corrected chi connectivity index (χ1v) is 22.1. The van der Waals surface area contributed by atoms with Crippen molar-refractivity contribution in [1.29, 1.82) is 0 Å². The minimum atomic E-state index is -4.46. The second-order valence-corrected chi connectivity index (χ2v) is 16.8. The highest BCUT2D eigenvalue weighted by Gasteiger charge is 2.11. The monoisotopic (exact) mass is 760 g/mol. The van der Waals surface area contributed by atoms with Crippen LogP contribution in [0.2, 0.25) is 0 Å². The summed E-state index contributed by atoms with van der Waals surface area (Å²) in [6.45, 7) is 6.89. The molecule has 0 amide bonds. The zero-order valence-electron chi connectivity index (χ0n) is 27.0. The maximum atomic E-state index is 10.4. The van der Waals surface area contributed by atoms with Crippen molar-refractivity contribution in [1.82, 2.24) is 0 Å². The Morgan fingerprint density at radius 3 is 0.864 bits per heavy atom. The summed E-state index contributed by atoms with van der Waals surface area (Å²) in [6, 6.07) is 0. The van der Waals surface area contributed by atoms with Crippen LogP contribution >= 0.6 is 52.9 Å². The zero-order chi connectivity index (χ0) is 35.0. The Kier molecular flexibility index (Phi) is 40.2. The molecule has 0 aliphatic rings. The third kappa shape index (κ3) is 45.3. The molecule has 22 heteroatoms. The van der Waals surface area contributed by atoms with Crippen molar-refractivity contribution in [3.05, 3.63) is 0 Å². The normalized spacial score (nSPS) is 16.3. The maximum Gasteiger partial charge on any atom is 0.269 e. The Labute approximate surface area is 271 Å². The van der Waals surface area contributed by atoms with E-state index >= 15 is 0 Å². The van der Waals surface area contributed by atoms with Gasteiger partial charge in [-0.15, -0.1) is 0 Å². The zero-order valence-corrected chi connectivity index (χ0v) is 32.2. The maximum absolute atomic E-state index is 10.4. The Morgan fingerprint density at radius 1 is 0.432 bits per heavy atom. The highest BCUT2D eigenvalue weighted by atomic mass is 33.1. The van der Waals surface area contributed by atoms with Crippen LogP contribution < -0.4 is 19.6 Å².